The lowest BCUT2D eigenvalue weighted by Crippen LogP contribution is -2.11. The number of carbonyl (C=O) groups is 2. The third kappa shape index (κ3) is 3.33. The summed E-state index contributed by atoms with van der Waals surface area (Å²) >= 11 is 0. The van der Waals surface area contributed by atoms with Gasteiger partial charge in [-0.2, -0.15) is 0 Å². The molecule has 0 atom stereocenters. The number of anilines is 1. The van der Waals surface area contributed by atoms with Gasteiger partial charge >= 0.3 is 5.97 Å². The summed E-state index contributed by atoms with van der Waals surface area (Å²) in [6.07, 6.45) is 4.36. The predicted molar refractivity (Wildman–Crippen MR) is 74.8 cm³/mol. The molecule has 0 aliphatic carbocycles. The molecule has 2 N–H and O–H groups in total. The van der Waals surface area contributed by atoms with E-state index in [9.17, 15) is 14.7 Å². The van der Waals surface area contributed by atoms with Gasteiger partial charge in [-0.1, -0.05) is 10.7 Å². The Morgan fingerprint density at radius 1 is 1.29 bits per heavy atom. The van der Waals surface area contributed by atoms with Crippen LogP contribution in [0.15, 0.2) is 40.7 Å². The van der Waals surface area contributed by atoms with Crippen molar-refractivity contribution < 1.29 is 19.2 Å². The number of allylic oxidation sites excluding steroid dienone is 1. The van der Waals surface area contributed by atoms with Crippen LogP contribution in [-0.4, -0.2) is 27.1 Å². The van der Waals surface area contributed by atoms with E-state index in [0.717, 1.165) is 5.57 Å². The third-order valence-corrected chi connectivity index (χ3v) is 2.52. The number of aromatic nitrogens is 2. The first kappa shape index (κ1) is 14.4. The van der Waals surface area contributed by atoms with Crippen LogP contribution in [0.2, 0.25) is 0 Å². The van der Waals surface area contributed by atoms with E-state index in [1.165, 1.54) is 18.5 Å². The predicted octanol–water partition coefficient (Wildman–Crippen LogP) is 2.34. The molecule has 2 rings (SSSR count). The maximum absolute atomic E-state index is 11.7. The fourth-order valence-corrected chi connectivity index (χ4v) is 1.69. The van der Waals surface area contributed by atoms with Crippen LogP contribution in [0.3, 0.4) is 0 Å². The Hall–Kier alpha value is -2.96. The van der Waals surface area contributed by atoms with Crippen molar-refractivity contribution in [1.82, 2.24) is 10.1 Å². The SMILES string of the molecule is CC(C)=CC(=O)Nc1onc(-c2ccncc2)c1C(=O)O. The molecule has 0 aliphatic heterocycles. The largest absolute Gasteiger partial charge is 0.477 e. The van der Waals surface area contributed by atoms with Crippen LogP contribution >= 0.6 is 0 Å². The minimum atomic E-state index is -1.24. The monoisotopic (exact) mass is 287 g/mol. The van der Waals surface area contributed by atoms with Crippen LogP contribution in [0.4, 0.5) is 5.88 Å². The number of amides is 1. The number of nitrogens with zero attached hydrogens (tertiary/aromatic N) is 2. The highest BCUT2D eigenvalue weighted by Crippen LogP contribution is 2.28. The highest BCUT2D eigenvalue weighted by molar-refractivity contribution is 6.06. The Labute approximate surface area is 120 Å². The summed E-state index contributed by atoms with van der Waals surface area (Å²) < 4.78 is 4.95. The zero-order valence-electron chi connectivity index (χ0n) is 11.5. The number of carboxylic acids is 1. The molecule has 1 amide bonds. The fraction of sp³-hybridized carbons (Fsp3) is 0.143. The van der Waals surface area contributed by atoms with Crippen LogP contribution in [0.25, 0.3) is 11.3 Å². The molecule has 0 aromatic carbocycles. The molecule has 2 aromatic heterocycles. The molecule has 7 nitrogen and oxygen atoms in total. The molecule has 0 aliphatic rings. The van der Waals surface area contributed by atoms with Crippen molar-refractivity contribution in [2.45, 2.75) is 13.8 Å². The van der Waals surface area contributed by atoms with Crippen molar-refractivity contribution in [3.05, 3.63) is 41.7 Å². The second-order valence-electron chi connectivity index (χ2n) is 4.49. The zero-order chi connectivity index (χ0) is 15.4. The van der Waals surface area contributed by atoms with Crippen LogP contribution in [-0.2, 0) is 4.79 Å². The average Bonchev–Trinajstić information content (AvgIpc) is 2.82. The van der Waals surface area contributed by atoms with E-state index in [2.05, 4.69) is 15.5 Å². The summed E-state index contributed by atoms with van der Waals surface area (Å²) in [6.45, 7) is 3.50. The number of carboxylic acid groups (broad SMARTS) is 1. The van der Waals surface area contributed by atoms with Gasteiger partial charge in [-0.3, -0.25) is 15.1 Å². The van der Waals surface area contributed by atoms with Crippen molar-refractivity contribution >= 4 is 17.8 Å². The van der Waals surface area contributed by atoms with Gasteiger partial charge < -0.3 is 9.63 Å². The normalized spacial score (nSPS) is 10.0. The molecule has 0 fully saturated rings. The number of hydrogen-bond donors (Lipinski definition) is 2. The maximum Gasteiger partial charge on any atom is 0.343 e. The minimum Gasteiger partial charge on any atom is -0.477 e. The van der Waals surface area contributed by atoms with E-state index < -0.39 is 11.9 Å². The Kier molecular flexibility index (Phi) is 4.13. The summed E-state index contributed by atoms with van der Waals surface area (Å²) in [6, 6.07) is 3.21. The van der Waals surface area contributed by atoms with Gasteiger partial charge in [0.05, 0.1) is 0 Å². The standard InChI is InChI=1S/C14H13N3O4/c1-8(2)7-10(18)16-13-11(14(19)20)12(17-21-13)9-3-5-15-6-4-9/h3-7H,1-2H3,(H,16,18)(H,19,20). The highest BCUT2D eigenvalue weighted by Gasteiger charge is 2.24. The number of hydrogen-bond acceptors (Lipinski definition) is 5. The van der Waals surface area contributed by atoms with Gasteiger partial charge in [-0.15, -0.1) is 0 Å². The van der Waals surface area contributed by atoms with Gasteiger partial charge in [0.25, 0.3) is 5.91 Å². The number of nitrogens with one attached hydrogen (secondary N) is 1. The van der Waals surface area contributed by atoms with Crippen molar-refractivity contribution in [2.24, 2.45) is 0 Å². The fourth-order valence-electron chi connectivity index (χ4n) is 1.69. The lowest BCUT2D eigenvalue weighted by atomic mass is 10.1. The molecule has 0 bridgehead atoms. The van der Waals surface area contributed by atoms with Crippen LogP contribution in [0.1, 0.15) is 24.2 Å². The first-order valence-electron chi connectivity index (χ1n) is 6.08. The van der Waals surface area contributed by atoms with E-state index in [-0.39, 0.29) is 17.1 Å². The topological polar surface area (TPSA) is 105 Å². The highest BCUT2D eigenvalue weighted by atomic mass is 16.5. The van der Waals surface area contributed by atoms with Crippen LogP contribution < -0.4 is 5.32 Å². The molecule has 0 spiro atoms. The zero-order valence-corrected chi connectivity index (χ0v) is 11.5. The Balaban J connectivity index is 2.41. The Bertz CT molecular complexity index is 700. The van der Waals surface area contributed by atoms with E-state index in [1.54, 1.807) is 26.0 Å². The van der Waals surface area contributed by atoms with Crippen LogP contribution in [0, 0.1) is 0 Å². The minimum absolute atomic E-state index is 0.136. The lowest BCUT2D eigenvalue weighted by molar-refractivity contribution is -0.112. The van der Waals surface area contributed by atoms with E-state index in [0.29, 0.717) is 5.56 Å². The van der Waals surface area contributed by atoms with Gasteiger partial charge in [0, 0.05) is 24.0 Å². The molecule has 21 heavy (non-hydrogen) atoms. The Morgan fingerprint density at radius 3 is 2.52 bits per heavy atom. The number of aromatic carboxylic acids is 1. The number of carbonyl (C=O) groups excluding carboxylic acids is 1. The molecule has 0 saturated carbocycles. The Morgan fingerprint density at radius 2 is 1.95 bits per heavy atom. The van der Waals surface area contributed by atoms with Gasteiger partial charge in [-0.05, 0) is 26.0 Å². The summed E-state index contributed by atoms with van der Waals surface area (Å²) in [4.78, 5) is 26.9. The van der Waals surface area contributed by atoms with Crippen molar-refractivity contribution in [1.29, 1.82) is 0 Å². The van der Waals surface area contributed by atoms with Gasteiger partial charge in [0.15, 0.2) is 5.56 Å². The first-order valence-corrected chi connectivity index (χ1v) is 6.08. The quantitative estimate of drug-likeness (QED) is 0.836. The summed E-state index contributed by atoms with van der Waals surface area (Å²) in [5.74, 6) is -1.91. The molecule has 0 saturated heterocycles. The van der Waals surface area contributed by atoms with E-state index in [1.807, 2.05) is 0 Å². The van der Waals surface area contributed by atoms with Crippen molar-refractivity contribution in [3.8, 4) is 11.3 Å². The van der Waals surface area contributed by atoms with Gasteiger partial charge in [-0.25, -0.2) is 4.79 Å². The molecule has 2 heterocycles. The molecule has 108 valence electrons. The van der Waals surface area contributed by atoms with Gasteiger partial charge in [0.1, 0.15) is 5.69 Å². The number of pyridine rings is 1. The summed E-state index contributed by atoms with van der Waals surface area (Å²) in [7, 11) is 0. The smallest absolute Gasteiger partial charge is 0.343 e. The molecular weight excluding hydrogens is 274 g/mol. The summed E-state index contributed by atoms with van der Waals surface area (Å²) in [5, 5.41) is 15.4. The van der Waals surface area contributed by atoms with E-state index in [4.69, 9.17) is 4.52 Å². The molecule has 0 radical (unpaired) electrons. The second kappa shape index (κ2) is 6.00. The van der Waals surface area contributed by atoms with Gasteiger partial charge in [0.2, 0.25) is 5.88 Å². The van der Waals surface area contributed by atoms with Crippen LogP contribution in [0.5, 0.6) is 0 Å². The number of rotatable bonds is 4. The molecule has 0 unspecified atom stereocenters. The molecule has 2 aromatic rings. The average molecular weight is 287 g/mol. The third-order valence-electron chi connectivity index (χ3n) is 2.52. The van der Waals surface area contributed by atoms with Crippen molar-refractivity contribution in [2.75, 3.05) is 5.32 Å². The first-order chi connectivity index (χ1) is 9.99. The van der Waals surface area contributed by atoms with E-state index >= 15 is 0 Å². The molecular formula is C14H13N3O4. The molecule has 7 heteroatoms. The lowest BCUT2D eigenvalue weighted by Gasteiger charge is -2.00. The maximum atomic E-state index is 11.7. The second-order valence-corrected chi connectivity index (χ2v) is 4.49. The van der Waals surface area contributed by atoms with Crippen molar-refractivity contribution in [3.63, 3.8) is 0 Å². The summed E-state index contributed by atoms with van der Waals surface area (Å²) in [5.41, 5.74) is 1.25.